The smallest absolute Gasteiger partial charge is 0.303 e. The first kappa shape index (κ1) is 35.9. The van der Waals surface area contributed by atoms with Crippen molar-refractivity contribution in [2.24, 2.45) is 5.92 Å². The number of hydrogen-bond donors (Lipinski definition) is 4. The topological polar surface area (TPSA) is 129 Å². The maximum atomic E-state index is 12.1. The molecule has 1 heterocycles. The van der Waals surface area contributed by atoms with E-state index in [0.717, 1.165) is 38.9 Å². The van der Waals surface area contributed by atoms with Gasteiger partial charge in [0.05, 0.1) is 31.3 Å². The Kier molecular flexibility index (Phi) is 12.3. The van der Waals surface area contributed by atoms with E-state index >= 15 is 0 Å². The summed E-state index contributed by atoms with van der Waals surface area (Å²) >= 11 is 0. The second-order valence-electron chi connectivity index (χ2n) is 12.9. The number of rotatable bonds is 14. The fourth-order valence-electron chi connectivity index (χ4n) is 6.18. The zero-order chi connectivity index (χ0) is 34.9. The first-order valence-corrected chi connectivity index (χ1v) is 16.7. The van der Waals surface area contributed by atoms with Crippen molar-refractivity contribution in [3.8, 4) is 11.1 Å². The molecule has 4 aromatic rings. The predicted molar refractivity (Wildman–Crippen MR) is 187 cm³/mol. The van der Waals surface area contributed by atoms with Crippen LogP contribution in [0.15, 0.2) is 103 Å². The van der Waals surface area contributed by atoms with E-state index in [1.165, 1.54) is 0 Å². The van der Waals surface area contributed by atoms with Crippen molar-refractivity contribution < 1.29 is 34.4 Å². The van der Waals surface area contributed by atoms with Crippen LogP contribution in [0.4, 0.5) is 0 Å². The minimum atomic E-state index is -1.00. The van der Waals surface area contributed by atoms with Crippen molar-refractivity contribution in [1.29, 1.82) is 0 Å². The molecule has 6 atom stereocenters. The first-order valence-electron chi connectivity index (χ1n) is 16.7. The lowest BCUT2D eigenvalue weighted by molar-refractivity contribution is -0.276. The van der Waals surface area contributed by atoms with Crippen LogP contribution in [-0.2, 0) is 32.2 Å². The van der Waals surface area contributed by atoms with Crippen LogP contribution in [-0.4, -0.2) is 57.8 Å². The molecule has 6 unspecified atom stereocenters. The molecule has 9 nitrogen and oxygen atoms in total. The number of hydrogen-bond acceptors (Lipinski definition) is 7. The van der Waals surface area contributed by atoms with Crippen LogP contribution in [0.5, 0.6) is 0 Å². The number of benzene rings is 4. The lowest BCUT2D eigenvalue weighted by Crippen LogP contribution is -2.46. The molecule has 0 radical (unpaired) electrons. The molecule has 1 amide bonds. The second-order valence-corrected chi connectivity index (χ2v) is 12.9. The second kappa shape index (κ2) is 16.8. The van der Waals surface area contributed by atoms with E-state index in [2.05, 4.69) is 23.2 Å². The van der Waals surface area contributed by atoms with Crippen molar-refractivity contribution in [2.75, 3.05) is 13.6 Å². The fourth-order valence-corrected chi connectivity index (χ4v) is 6.18. The quantitative estimate of drug-likeness (QED) is 0.126. The SMILES string of the molecule is CC1C(CN(C)C(C)C(O)c2ccccc2)OC(c2cccc(-c3cccc(CNC(=O)CCC(=O)O)c3)c2)OC1c1ccc(CO)cc1. The highest BCUT2D eigenvalue weighted by molar-refractivity contribution is 5.80. The van der Waals surface area contributed by atoms with E-state index in [-0.39, 0.29) is 49.5 Å². The first-order chi connectivity index (χ1) is 23.6. The van der Waals surface area contributed by atoms with Crippen LogP contribution < -0.4 is 5.32 Å². The van der Waals surface area contributed by atoms with Crippen molar-refractivity contribution in [2.45, 2.75) is 70.5 Å². The van der Waals surface area contributed by atoms with Crippen LogP contribution in [0, 0.1) is 5.92 Å². The molecule has 0 aliphatic carbocycles. The summed E-state index contributed by atoms with van der Waals surface area (Å²) in [5.74, 6) is -1.33. The maximum absolute atomic E-state index is 12.1. The largest absolute Gasteiger partial charge is 0.481 e. The minimum absolute atomic E-state index is 0.0229. The number of aliphatic hydroxyl groups is 2. The number of aliphatic hydroxyl groups excluding tert-OH is 2. The number of nitrogens with zero attached hydrogens (tertiary/aromatic N) is 1. The van der Waals surface area contributed by atoms with E-state index in [4.69, 9.17) is 14.6 Å². The minimum Gasteiger partial charge on any atom is -0.481 e. The third-order valence-electron chi connectivity index (χ3n) is 9.36. The summed E-state index contributed by atoms with van der Waals surface area (Å²) in [4.78, 5) is 25.0. The molecule has 1 saturated heterocycles. The molecule has 0 bridgehead atoms. The molecular formula is C40H46N2O7. The zero-order valence-electron chi connectivity index (χ0n) is 28.2. The van der Waals surface area contributed by atoms with Crippen molar-refractivity contribution in [3.05, 3.63) is 131 Å². The highest BCUT2D eigenvalue weighted by atomic mass is 16.7. The average Bonchev–Trinajstić information content (AvgIpc) is 3.13. The number of carbonyl (C=O) groups is 2. The molecule has 1 fully saturated rings. The Morgan fingerprint density at radius 2 is 1.53 bits per heavy atom. The molecule has 258 valence electrons. The molecule has 4 aromatic carbocycles. The lowest BCUT2D eigenvalue weighted by atomic mass is 9.89. The lowest BCUT2D eigenvalue weighted by Gasteiger charge is -2.43. The molecule has 5 rings (SSSR count). The summed E-state index contributed by atoms with van der Waals surface area (Å²) in [6.45, 7) is 4.97. The van der Waals surface area contributed by atoms with Crippen LogP contribution in [0.1, 0.15) is 73.0 Å². The van der Waals surface area contributed by atoms with Crippen molar-refractivity contribution in [1.82, 2.24) is 10.2 Å². The molecular weight excluding hydrogens is 620 g/mol. The van der Waals surface area contributed by atoms with Gasteiger partial charge in [-0.25, -0.2) is 0 Å². The van der Waals surface area contributed by atoms with Gasteiger partial charge in [0.1, 0.15) is 0 Å². The number of nitrogens with one attached hydrogen (secondary N) is 1. The van der Waals surface area contributed by atoms with E-state index in [1.54, 1.807) is 0 Å². The van der Waals surface area contributed by atoms with Crippen LogP contribution in [0.25, 0.3) is 11.1 Å². The van der Waals surface area contributed by atoms with Crippen LogP contribution >= 0.6 is 0 Å². The predicted octanol–water partition coefficient (Wildman–Crippen LogP) is 6.17. The van der Waals surface area contributed by atoms with Gasteiger partial charge in [0.15, 0.2) is 6.29 Å². The zero-order valence-corrected chi connectivity index (χ0v) is 28.2. The molecule has 0 aromatic heterocycles. The summed E-state index contributed by atoms with van der Waals surface area (Å²) in [5.41, 5.74) is 6.36. The monoisotopic (exact) mass is 666 g/mol. The Morgan fingerprint density at radius 1 is 0.837 bits per heavy atom. The average molecular weight is 667 g/mol. The van der Waals surface area contributed by atoms with E-state index in [1.807, 2.05) is 111 Å². The molecule has 0 spiro atoms. The van der Waals surface area contributed by atoms with Gasteiger partial charge < -0.3 is 30.1 Å². The van der Waals surface area contributed by atoms with Gasteiger partial charge >= 0.3 is 5.97 Å². The molecule has 1 aliphatic rings. The van der Waals surface area contributed by atoms with Crippen LogP contribution in [0.3, 0.4) is 0 Å². The highest BCUT2D eigenvalue weighted by Crippen LogP contribution is 2.42. The Labute approximate surface area is 288 Å². The number of likely N-dealkylation sites (N-methyl/N-ethyl adjacent to an activating group) is 1. The summed E-state index contributed by atoms with van der Waals surface area (Å²) in [6.07, 6.45) is -2.10. The van der Waals surface area contributed by atoms with Gasteiger partial charge in [0, 0.05) is 37.0 Å². The van der Waals surface area contributed by atoms with Gasteiger partial charge in [0.2, 0.25) is 5.91 Å². The standard InChI is InChI=1S/C40H46N2O7/c1-26-35(24-42(3)27(2)38(47)30-10-5-4-6-11-30)48-40(49-39(26)31-17-15-28(25-43)16-18-31)34-14-8-13-33(22-34)32-12-7-9-29(21-32)23-41-36(44)19-20-37(45)46/h4-18,21-22,26-27,35,38-40,43,47H,19-20,23-25H2,1-3H3,(H,41,44)(H,45,46). The van der Waals surface area contributed by atoms with Gasteiger partial charge in [-0.15, -0.1) is 0 Å². The normalized spacial score (nSPS) is 20.4. The number of carboxylic acids is 1. The molecule has 4 N–H and O–H groups in total. The Morgan fingerprint density at radius 3 is 2.22 bits per heavy atom. The van der Waals surface area contributed by atoms with E-state index in [9.17, 15) is 19.8 Å². The van der Waals surface area contributed by atoms with E-state index in [0.29, 0.717) is 13.1 Å². The summed E-state index contributed by atoms with van der Waals surface area (Å²) in [6, 6.07) is 33.2. The molecule has 49 heavy (non-hydrogen) atoms. The molecule has 9 heteroatoms. The number of carboxylic acid groups (broad SMARTS) is 1. The Balaban J connectivity index is 1.37. The molecule has 1 aliphatic heterocycles. The fraction of sp³-hybridized carbons (Fsp3) is 0.350. The Bertz CT molecular complexity index is 1680. The van der Waals surface area contributed by atoms with Gasteiger partial charge in [-0.2, -0.15) is 0 Å². The summed E-state index contributed by atoms with van der Waals surface area (Å²) < 4.78 is 13.4. The Hall–Kier alpha value is -4.38. The number of amides is 1. The number of carbonyl (C=O) groups excluding carboxylic acids is 1. The van der Waals surface area contributed by atoms with E-state index < -0.39 is 18.4 Å². The number of ether oxygens (including phenoxy) is 2. The van der Waals surface area contributed by atoms with Gasteiger partial charge in [-0.1, -0.05) is 97.9 Å². The third kappa shape index (κ3) is 9.41. The third-order valence-corrected chi connectivity index (χ3v) is 9.36. The van der Waals surface area contributed by atoms with Crippen LogP contribution in [0.2, 0.25) is 0 Å². The van der Waals surface area contributed by atoms with Gasteiger partial charge in [0.25, 0.3) is 0 Å². The molecule has 0 saturated carbocycles. The van der Waals surface area contributed by atoms with Crippen molar-refractivity contribution in [3.63, 3.8) is 0 Å². The maximum Gasteiger partial charge on any atom is 0.303 e. The highest BCUT2D eigenvalue weighted by Gasteiger charge is 2.39. The summed E-state index contributed by atoms with van der Waals surface area (Å²) in [7, 11) is 2.00. The van der Waals surface area contributed by atoms with Gasteiger partial charge in [-0.3, -0.25) is 14.5 Å². The van der Waals surface area contributed by atoms with Gasteiger partial charge in [-0.05, 0) is 59.5 Å². The number of aliphatic carboxylic acids is 1. The van der Waals surface area contributed by atoms with Crippen molar-refractivity contribution >= 4 is 11.9 Å². The summed E-state index contributed by atoms with van der Waals surface area (Å²) in [5, 5.41) is 32.4.